The Bertz CT molecular complexity index is 766. The monoisotopic (exact) mass is 356 g/mol. The van der Waals surface area contributed by atoms with Gasteiger partial charge in [0.1, 0.15) is 6.54 Å². The number of esters is 1. The summed E-state index contributed by atoms with van der Waals surface area (Å²) in [6, 6.07) is 14.0. The highest BCUT2D eigenvalue weighted by atomic mass is 32.1. The minimum atomic E-state index is -0.622. The molecule has 0 aliphatic heterocycles. The van der Waals surface area contributed by atoms with Crippen LogP contribution in [0.25, 0.3) is 0 Å². The highest BCUT2D eigenvalue weighted by Crippen LogP contribution is 2.14. The van der Waals surface area contributed by atoms with Crippen LogP contribution in [0.1, 0.15) is 22.5 Å². The Labute approximate surface area is 149 Å². The minimum absolute atomic E-state index is 0.0358. The second-order valence-corrected chi connectivity index (χ2v) is 5.98. The second kappa shape index (κ2) is 9.35. The highest BCUT2D eigenvalue weighted by Gasteiger charge is 2.18. The molecule has 0 aliphatic rings. The van der Waals surface area contributed by atoms with E-state index in [-0.39, 0.29) is 25.2 Å². The van der Waals surface area contributed by atoms with E-state index >= 15 is 0 Å². The third-order valence-corrected chi connectivity index (χ3v) is 4.22. The van der Waals surface area contributed by atoms with Crippen LogP contribution in [0.5, 0.6) is 0 Å². The molecule has 0 bridgehead atoms. The average Bonchev–Trinajstić information content (AvgIpc) is 3.17. The van der Waals surface area contributed by atoms with Gasteiger partial charge in [-0.25, -0.2) is 0 Å². The Morgan fingerprint density at radius 1 is 1.08 bits per heavy atom. The number of carbonyl (C=O) groups is 3. The predicted molar refractivity (Wildman–Crippen MR) is 93.3 cm³/mol. The van der Waals surface area contributed by atoms with E-state index in [1.165, 1.54) is 16.2 Å². The van der Waals surface area contributed by atoms with E-state index in [1.807, 2.05) is 6.07 Å². The summed E-state index contributed by atoms with van der Waals surface area (Å²) in [5.41, 5.74) is 0.554. The van der Waals surface area contributed by atoms with Gasteiger partial charge in [-0.2, -0.15) is 5.26 Å². The van der Waals surface area contributed by atoms with Gasteiger partial charge in [-0.1, -0.05) is 24.3 Å². The van der Waals surface area contributed by atoms with Crippen molar-refractivity contribution >= 4 is 34.7 Å². The molecule has 7 heteroatoms. The van der Waals surface area contributed by atoms with Crippen LogP contribution in [-0.4, -0.2) is 30.8 Å². The van der Waals surface area contributed by atoms with Crippen LogP contribution in [0.4, 0.5) is 5.69 Å². The lowest BCUT2D eigenvalue weighted by Gasteiger charge is -2.19. The molecule has 1 heterocycles. The van der Waals surface area contributed by atoms with Gasteiger partial charge in [-0.05, 0) is 23.6 Å². The van der Waals surface area contributed by atoms with Crippen LogP contribution in [0, 0.1) is 11.3 Å². The molecule has 0 atom stereocenters. The molecule has 0 saturated carbocycles. The summed E-state index contributed by atoms with van der Waals surface area (Å²) in [5.74, 6) is -1.25. The quantitative estimate of drug-likeness (QED) is 0.412. The molecule has 0 N–H and O–H groups in total. The minimum Gasteiger partial charge on any atom is -0.456 e. The number of nitriles is 1. The number of carbonyl (C=O) groups excluding carboxylic acids is 3. The Hall–Kier alpha value is -2.98. The third-order valence-electron chi connectivity index (χ3n) is 3.31. The molecule has 0 spiro atoms. The summed E-state index contributed by atoms with van der Waals surface area (Å²) < 4.78 is 4.93. The van der Waals surface area contributed by atoms with Crippen LogP contribution >= 0.6 is 11.3 Å². The molecule has 6 nitrogen and oxygen atoms in total. The summed E-state index contributed by atoms with van der Waals surface area (Å²) >= 11 is 1.31. The molecule has 1 aromatic carbocycles. The lowest BCUT2D eigenvalue weighted by atomic mass is 10.2. The Morgan fingerprint density at radius 3 is 2.48 bits per heavy atom. The smallest absolute Gasteiger partial charge is 0.306 e. The van der Waals surface area contributed by atoms with Gasteiger partial charge in [0.2, 0.25) is 0 Å². The van der Waals surface area contributed by atoms with Gasteiger partial charge in [-0.15, -0.1) is 11.3 Å². The fraction of sp³-hybridized carbons (Fsp3) is 0.222. The molecule has 0 fully saturated rings. The summed E-state index contributed by atoms with van der Waals surface area (Å²) in [6.07, 6.45) is -0.0538. The number of thiophene rings is 1. The van der Waals surface area contributed by atoms with Crippen molar-refractivity contribution in [1.29, 1.82) is 5.26 Å². The fourth-order valence-corrected chi connectivity index (χ4v) is 2.76. The van der Waals surface area contributed by atoms with Crippen LogP contribution in [0.3, 0.4) is 0 Å². The maximum absolute atomic E-state index is 12.2. The maximum atomic E-state index is 12.2. The molecule has 128 valence electrons. The van der Waals surface area contributed by atoms with Crippen molar-refractivity contribution in [2.24, 2.45) is 0 Å². The number of hydrogen-bond acceptors (Lipinski definition) is 6. The molecule has 1 amide bonds. The fourth-order valence-electron chi connectivity index (χ4n) is 2.07. The zero-order chi connectivity index (χ0) is 18.1. The van der Waals surface area contributed by atoms with E-state index in [2.05, 4.69) is 0 Å². The summed E-state index contributed by atoms with van der Waals surface area (Å²) in [4.78, 5) is 37.6. The summed E-state index contributed by atoms with van der Waals surface area (Å²) in [7, 11) is 0. The standard InChI is InChI=1S/C18H16N2O4S/c19-10-11-20(14-5-2-1-3-6-14)17(22)13-24-18(23)9-8-15(21)16-7-4-12-25-16/h1-7,12H,8-9,11,13H2. The number of nitrogens with zero attached hydrogens (tertiary/aromatic N) is 2. The van der Waals surface area contributed by atoms with E-state index in [1.54, 1.807) is 47.8 Å². The molecule has 0 unspecified atom stereocenters. The van der Waals surface area contributed by atoms with E-state index in [0.717, 1.165) is 0 Å². The van der Waals surface area contributed by atoms with Crippen molar-refractivity contribution in [1.82, 2.24) is 0 Å². The maximum Gasteiger partial charge on any atom is 0.306 e. The Kier molecular flexibility index (Phi) is 6.87. The number of ether oxygens (including phenoxy) is 1. The molecular formula is C18H16N2O4S. The SMILES string of the molecule is N#CCN(C(=O)COC(=O)CCC(=O)c1cccs1)c1ccccc1. The number of amides is 1. The summed E-state index contributed by atoms with van der Waals surface area (Å²) in [6.45, 7) is -0.611. The molecule has 2 rings (SSSR count). The first kappa shape index (κ1) is 18.4. The highest BCUT2D eigenvalue weighted by molar-refractivity contribution is 7.12. The predicted octanol–water partition coefficient (Wildman–Crippen LogP) is 2.81. The number of rotatable bonds is 8. The number of hydrogen-bond donors (Lipinski definition) is 0. The molecule has 2 aromatic rings. The molecule has 0 aliphatic carbocycles. The van der Waals surface area contributed by atoms with E-state index < -0.39 is 18.5 Å². The molecule has 0 saturated heterocycles. The third kappa shape index (κ3) is 5.55. The first-order valence-electron chi connectivity index (χ1n) is 7.56. The molecular weight excluding hydrogens is 340 g/mol. The number of benzene rings is 1. The topological polar surface area (TPSA) is 87.5 Å². The first-order valence-corrected chi connectivity index (χ1v) is 8.44. The molecule has 0 radical (unpaired) electrons. The largest absolute Gasteiger partial charge is 0.456 e. The van der Waals surface area contributed by atoms with Gasteiger partial charge in [-0.3, -0.25) is 19.3 Å². The Balaban J connectivity index is 1.82. The average molecular weight is 356 g/mol. The lowest BCUT2D eigenvalue weighted by Crippen LogP contribution is -2.35. The number of anilines is 1. The van der Waals surface area contributed by atoms with E-state index in [4.69, 9.17) is 10.00 Å². The first-order chi connectivity index (χ1) is 12.1. The summed E-state index contributed by atoms with van der Waals surface area (Å²) in [5, 5.41) is 10.7. The van der Waals surface area contributed by atoms with Crippen molar-refractivity contribution in [3.63, 3.8) is 0 Å². The normalized spacial score (nSPS) is 9.88. The van der Waals surface area contributed by atoms with Crippen molar-refractivity contribution in [2.75, 3.05) is 18.1 Å². The van der Waals surface area contributed by atoms with Crippen LogP contribution in [0.2, 0.25) is 0 Å². The van der Waals surface area contributed by atoms with Crippen LogP contribution in [0.15, 0.2) is 47.8 Å². The lowest BCUT2D eigenvalue weighted by molar-refractivity contribution is -0.147. The van der Waals surface area contributed by atoms with Crippen molar-refractivity contribution in [3.05, 3.63) is 52.7 Å². The van der Waals surface area contributed by atoms with Gasteiger partial charge in [0.05, 0.1) is 17.4 Å². The van der Waals surface area contributed by atoms with E-state index in [0.29, 0.717) is 10.6 Å². The van der Waals surface area contributed by atoms with Crippen molar-refractivity contribution < 1.29 is 19.1 Å². The van der Waals surface area contributed by atoms with Gasteiger partial charge in [0, 0.05) is 12.1 Å². The van der Waals surface area contributed by atoms with Crippen molar-refractivity contribution in [2.45, 2.75) is 12.8 Å². The molecule has 1 aromatic heterocycles. The van der Waals surface area contributed by atoms with Gasteiger partial charge >= 0.3 is 5.97 Å². The van der Waals surface area contributed by atoms with Gasteiger partial charge in [0.25, 0.3) is 5.91 Å². The van der Waals surface area contributed by atoms with Crippen LogP contribution in [-0.2, 0) is 14.3 Å². The molecule has 25 heavy (non-hydrogen) atoms. The Morgan fingerprint density at radius 2 is 1.84 bits per heavy atom. The number of para-hydroxylation sites is 1. The van der Waals surface area contributed by atoms with Gasteiger partial charge < -0.3 is 4.74 Å². The second-order valence-electron chi connectivity index (χ2n) is 5.03. The number of Topliss-reactive ketones (excluding diaryl/α,β-unsaturated/α-hetero) is 1. The van der Waals surface area contributed by atoms with Gasteiger partial charge in [0.15, 0.2) is 12.4 Å². The van der Waals surface area contributed by atoms with Crippen molar-refractivity contribution in [3.8, 4) is 6.07 Å². The zero-order valence-electron chi connectivity index (χ0n) is 13.4. The number of ketones is 1. The van der Waals surface area contributed by atoms with E-state index in [9.17, 15) is 14.4 Å². The van der Waals surface area contributed by atoms with Crippen LogP contribution < -0.4 is 4.90 Å². The zero-order valence-corrected chi connectivity index (χ0v) is 14.2.